The van der Waals surface area contributed by atoms with Crippen molar-refractivity contribution in [3.8, 4) is 11.5 Å². The number of rotatable bonds is 4. The van der Waals surface area contributed by atoms with Gasteiger partial charge in [0.15, 0.2) is 11.5 Å². The number of benzene rings is 2. The predicted molar refractivity (Wildman–Crippen MR) is 123 cm³/mol. The molecule has 2 aliphatic rings. The lowest BCUT2D eigenvalue weighted by atomic mass is 9.86. The van der Waals surface area contributed by atoms with Gasteiger partial charge in [0.25, 0.3) is 0 Å². The van der Waals surface area contributed by atoms with Gasteiger partial charge < -0.3 is 19.8 Å². The van der Waals surface area contributed by atoms with Crippen LogP contribution in [0, 0.1) is 11.7 Å². The topological polar surface area (TPSA) is 59.2 Å². The molecule has 164 valence electrons. The van der Waals surface area contributed by atoms with Crippen molar-refractivity contribution in [3.63, 3.8) is 0 Å². The molecule has 0 bridgehead atoms. The number of pyridine rings is 1. The molecule has 7 heteroatoms. The first-order chi connectivity index (χ1) is 15.7. The van der Waals surface area contributed by atoms with Gasteiger partial charge in [0, 0.05) is 34.7 Å². The molecular weight excluding hydrogens is 429 g/mol. The highest BCUT2D eigenvalue weighted by Gasteiger charge is 2.26. The number of nitrogens with one attached hydrogen (secondary N) is 2. The summed E-state index contributed by atoms with van der Waals surface area (Å²) in [5.41, 5.74) is 4.25. The Kier molecular flexibility index (Phi) is 4.92. The Balaban J connectivity index is 1.11. The molecule has 2 aromatic heterocycles. The Morgan fingerprint density at radius 2 is 2.12 bits per heavy atom. The van der Waals surface area contributed by atoms with Gasteiger partial charge in [-0.2, -0.15) is 0 Å². The first-order valence-electron chi connectivity index (χ1n) is 11.0. The fourth-order valence-electron chi connectivity index (χ4n) is 4.93. The number of fused-ring (bicyclic) bond motifs is 6. The number of H-pyrrole nitrogens is 1. The van der Waals surface area contributed by atoms with E-state index in [1.165, 1.54) is 11.3 Å². The van der Waals surface area contributed by atoms with Gasteiger partial charge in [0.2, 0.25) is 0 Å². The summed E-state index contributed by atoms with van der Waals surface area (Å²) < 4.78 is 26.2. The molecule has 0 radical (unpaired) electrons. The number of nitrogens with zero attached hydrogens (tertiary/aromatic N) is 1. The van der Waals surface area contributed by atoms with E-state index in [1.807, 2.05) is 24.3 Å². The average molecular weight is 452 g/mol. The fourth-order valence-corrected chi connectivity index (χ4v) is 5.10. The normalized spacial score (nSPS) is 19.9. The van der Waals surface area contributed by atoms with E-state index in [0.29, 0.717) is 19.1 Å². The maximum absolute atomic E-state index is 14.0. The third kappa shape index (κ3) is 3.48. The summed E-state index contributed by atoms with van der Waals surface area (Å²) in [6.07, 6.45) is 4.69. The molecule has 0 saturated carbocycles. The van der Waals surface area contributed by atoms with E-state index in [4.69, 9.17) is 21.1 Å². The van der Waals surface area contributed by atoms with E-state index in [1.54, 1.807) is 18.3 Å². The minimum Gasteiger partial charge on any atom is -0.486 e. The van der Waals surface area contributed by atoms with Crippen LogP contribution in [-0.2, 0) is 12.8 Å². The Labute approximate surface area is 189 Å². The molecular formula is C25H23ClFN3O2. The summed E-state index contributed by atoms with van der Waals surface area (Å²) in [4.78, 5) is 7.82. The molecule has 0 fully saturated rings. The summed E-state index contributed by atoms with van der Waals surface area (Å²) in [7, 11) is 0. The van der Waals surface area contributed by atoms with Gasteiger partial charge in [0.05, 0.1) is 10.5 Å². The van der Waals surface area contributed by atoms with Gasteiger partial charge in [-0.25, -0.2) is 4.39 Å². The van der Waals surface area contributed by atoms with E-state index < -0.39 is 0 Å². The summed E-state index contributed by atoms with van der Waals surface area (Å²) >= 11 is 5.96. The van der Waals surface area contributed by atoms with Crippen LogP contribution >= 0.6 is 11.6 Å². The molecule has 4 aromatic rings. The number of aromatic nitrogens is 2. The van der Waals surface area contributed by atoms with Gasteiger partial charge in [-0.1, -0.05) is 11.6 Å². The van der Waals surface area contributed by atoms with Gasteiger partial charge in [0.1, 0.15) is 18.5 Å². The lowest BCUT2D eigenvalue weighted by Crippen LogP contribution is -2.40. The molecule has 2 atom stereocenters. The summed E-state index contributed by atoms with van der Waals surface area (Å²) in [5.74, 6) is 1.67. The van der Waals surface area contributed by atoms with E-state index >= 15 is 0 Å². The van der Waals surface area contributed by atoms with Crippen LogP contribution < -0.4 is 14.8 Å². The molecule has 0 spiro atoms. The van der Waals surface area contributed by atoms with Crippen LogP contribution in [0.2, 0.25) is 5.02 Å². The van der Waals surface area contributed by atoms with Crippen LogP contribution in [0.1, 0.15) is 17.7 Å². The van der Waals surface area contributed by atoms with E-state index in [-0.39, 0.29) is 16.9 Å². The number of hydrogen-bond donors (Lipinski definition) is 2. The number of ether oxygens (including phenoxy) is 2. The number of aromatic amines is 1. The van der Waals surface area contributed by atoms with Crippen molar-refractivity contribution >= 4 is 33.4 Å². The first-order valence-corrected chi connectivity index (χ1v) is 11.4. The van der Waals surface area contributed by atoms with Crippen molar-refractivity contribution in [1.29, 1.82) is 0 Å². The van der Waals surface area contributed by atoms with Crippen LogP contribution in [0.4, 0.5) is 4.39 Å². The minimum absolute atomic E-state index is 0.0585. The summed E-state index contributed by atoms with van der Waals surface area (Å²) in [6, 6.07) is 11.1. The zero-order valence-electron chi connectivity index (χ0n) is 17.5. The van der Waals surface area contributed by atoms with Gasteiger partial charge >= 0.3 is 0 Å². The van der Waals surface area contributed by atoms with Crippen LogP contribution in [-0.4, -0.2) is 35.8 Å². The molecule has 6 rings (SSSR count). The molecule has 1 aliphatic carbocycles. The number of halogens is 2. The molecule has 0 saturated heterocycles. The number of aryl methyl sites for hydroxylation is 1. The Bertz CT molecular complexity index is 1320. The van der Waals surface area contributed by atoms with E-state index in [0.717, 1.165) is 59.1 Å². The van der Waals surface area contributed by atoms with Crippen LogP contribution in [0.25, 0.3) is 21.8 Å². The molecule has 3 heterocycles. The monoisotopic (exact) mass is 451 g/mol. The lowest BCUT2D eigenvalue weighted by molar-refractivity contribution is 0.0915. The predicted octanol–water partition coefficient (Wildman–Crippen LogP) is 5.04. The van der Waals surface area contributed by atoms with Gasteiger partial charge in [-0.3, -0.25) is 4.98 Å². The highest BCUT2D eigenvalue weighted by atomic mass is 35.5. The van der Waals surface area contributed by atoms with Crippen molar-refractivity contribution in [2.24, 2.45) is 5.92 Å². The Morgan fingerprint density at radius 3 is 3.06 bits per heavy atom. The van der Waals surface area contributed by atoms with Crippen molar-refractivity contribution in [3.05, 3.63) is 64.7 Å². The average Bonchev–Trinajstić information content (AvgIpc) is 3.16. The molecule has 0 unspecified atom stereocenters. The molecule has 2 aromatic carbocycles. The van der Waals surface area contributed by atoms with Crippen molar-refractivity contribution < 1.29 is 13.9 Å². The fraction of sp³-hybridized carbons (Fsp3) is 0.320. The van der Waals surface area contributed by atoms with E-state index in [2.05, 4.69) is 15.3 Å². The Hall–Kier alpha value is -2.83. The Morgan fingerprint density at radius 1 is 1.19 bits per heavy atom. The highest BCUT2D eigenvalue weighted by molar-refractivity contribution is 6.31. The smallest absolute Gasteiger partial charge is 0.171 e. The van der Waals surface area contributed by atoms with Crippen molar-refractivity contribution in [2.75, 3.05) is 19.7 Å². The molecule has 5 nitrogen and oxygen atoms in total. The SMILES string of the molecule is Fc1cc2c3c([nH]c2cc1Cl)CC[C@H](CNC[C@H]1COc2ccc4ncccc4c2O1)C3. The van der Waals surface area contributed by atoms with E-state index in [9.17, 15) is 4.39 Å². The molecule has 2 N–H and O–H groups in total. The largest absolute Gasteiger partial charge is 0.486 e. The maximum Gasteiger partial charge on any atom is 0.171 e. The van der Waals surface area contributed by atoms with Crippen LogP contribution in [0.3, 0.4) is 0 Å². The van der Waals surface area contributed by atoms with Crippen LogP contribution in [0.15, 0.2) is 42.6 Å². The molecule has 0 amide bonds. The second-order valence-corrected chi connectivity index (χ2v) is 9.08. The second-order valence-electron chi connectivity index (χ2n) is 8.67. The van der Waals surface area contributed by atoms with Crippen molar-refractivity contribution in [2.45, 2.75) is 25.4 Å². The van der Waals surface area contributed by atoms with Gasteiger partial charge in [-0.05, 0) is 73.7 Å². The standard InChI is InChI=1S/C25H23ClFN3O2/c26-19-10-23-18(9-20(19)27)17-8-14(3-4-22(17)30-23)11-28-12-15-13-31-24-6-5-21-16(25(24)32-15)2-1-7-29-21/h1-2,5-7,9-10,14-15,28,30H,3-4,8,11-13H2/t14-,15-/m0/s1. The quantitative estimate of drug-likeness (QED) is 0.456. The number of hydrogen-bond acceptors (Lipinski definition) is 4. The third-order valence-electron chi connectivity index (χ3n) is 6.54. The van der Waals surface area contributed by atoms with Crippen LogP contribution in [0.5, 0.6) is 11.5 Å². The first kappa shape index (κ1) is 19.8. The zero-order valence-corrected chi connectivity index (χ0v) is 18.2. The molecule has 32 heavy (non-hydrogen) atoms. The summed E-state index contributed by atoms with van der Waals surface area (Å²) in [6.45, 7) is 2.10. The minimum atomic E-state index is -0.362. The zero-order chi connectivity index (χ0) is 21.7. The summed E-state index contributed by atoms with van der Waals surface area (Å²) in [5, 5.41) is 5.66. The lowest BCUT2D eigenvalue weighted by Gasteiger charge is -2.29. The third-order valence-corrected chi connectivity index (χ3v) is 6.83. The maximum atomic E-state index is 14.0. The van der Waals surface area contributed by atoms with Crippen molar-refractivity contribution in [1.82, 2.24) is 15.3 Å². The molecule has 1 aliphatic heterocycles. The highest BCUT2D eigenvalue weighted by Crippen LogP contribution is 2.38. The van der Waals surface area contributed by atoms with Gasteiger partial charge in [-0.15, -0.1) is 0 Å². The second kappa shape index (κ2) is 7.94.